The first-order valence-corrected chi connectivity index (χ1v) is 10.3. The van der Waals surface area contributed by atoms with Gasteiger partial charge >= 0.3 is 0 Å². The van der Waals surface area contributed by atoms with Gasteiger partial charge in [0.2, 0.25) is 0 Å². The molecule has 27 heavy (non-hydrogen) atoms. The molecule has 6 nitrogen and oxygen atoms in total. The van der Waals surface area contributed by atoms with Crippen LogP contribution >= 0.6 is 22.7 Å². The molecule has 0 atom stereocenters. The van der Waals surface area contributed by atoms with E-state index in [0.717, 1.165) is 62.7 Å². The van der Waals surface area contributed by atoms with E-state index in [0.29, 0.717) is 5.82 Å². The molecule has 3 aromatic heterocycles. The van der Waals surface area contributed by atoms with Crippen molar-refractivity contribution >= 4 is 43.8 Å². The Hall–Kier alpha value is -2.55. The highest BCUT2D eigenvalue weighted by Gasteiger charge is 2.17. The van der Waals surface area contributed by atoms with E-state index in [-0.39, 0.29) is 0 Å². The number of fused-ring (bicyclic) bond motifs is 1. The maximum atomic E-state index is 6.16. The van der Waals surface area contributed by atoms with Crippen LogP contribution in [0.15, 0.2) is 42.7 Å². The molecule has 1 aromatic carbocycles. The fourth-order valence-corrected chi connectivity index (χ4v) is 5.01. The number of hydrogen-bond donors (Lipinski definition) is 1. The summed E-state index contributed by atoms with van der Waals surface area (Å²) in [6.45, 7) is 3.26. The smallest absolute Gasteiger partial charge is 0.186 e. The summed E-state index contributed by atoms with van der Waals surface area (Å²) in [5.41, 5.74) is 9.03. The Bertz CT molecular complexity index is 1070. The van der Waals surface area contributed by atoms with Gasteiger partial charge in [-0.25, -0.2) is 15.0 Å². The fraction of sp³-hybridized carbons (Fsp3) is 0.211. The number of nitrogens with zero attached hydrogens (tertiary/aromatic N) is 4. The molecule has 0 amide bonds. The third-order valence-corrected chi connectivity index (χ3v) is 6.68. The van der Waals surface area contributed by atoms with Crippen molar-refractivity contribution in [2.45, 2.75) is 0 Å². The summed E-state index contributed by atoms with van der Waals surface area (Å²) in [4.78, 5) is 17.1. The van der Waals surface area contributed by atoms with Crippen LogP contribution in [0.4, 0.5) is 10.9 Å². The Kier molecular flexibility index (Phi) is 4.23. The SMILES string of the molecule is Nc1ncc(-c2cnc(N3CCOCC3)s2)cc1-c1nc2ccccc2s1. The number of nitrogens with two attached hydrogens (primary N) is 1. The van der Waals surface area contributed by atoms with E-state index in [1.54, 1.807) is 22.7 Å². The van der Waals surface area contributed by atoms with Crippen LogP contribution in [0, 0.1) is 0 Å². The molecule has 1 aliphatic heterocycles. The van der Waals surface area contributed by atoms with E-state index in [9.17, 15) is 0 Å². The van der Waals surface area contributed by atoms with Gasteiger partial charge in [-0.05, 0) is 18.2 Å². The molecule has 8 heteroatoms. The van der Waals surface area contributed by atoms with Crippen molar-refractivity contribution in [1.82, 2.24) is 15.0 Å². The molecular weight excluding hydrogens is 378 g/mol. The molecule has 0 radical (unpaired) electrons. The standard InChI is InChI=1S/C19H17N5OS2/c20-17-13(18-23-14-3-1-2-4-15(14)26-18)9-12(10-21-17)16-11-22-19(27-16)24-5-7-25-8-6-24/h1-4,9-11H,5-8H2,(H2,20,21). The molecule has 4 heterocycles. The predicted molar refractivity (Wildman–Crippen MR) is 111 cm³/mol. The van der Waals surface area contributed by atoms with Crippen molar-refractivity contribution in [2.75, 3.05) is 36.9 Å². The van der Waals surface area contributed by atoms with Crippen LogP contribution in [0.5, 0.6) is 0 Å². The molecular formula is C19H17N5OS2. The van der Waals surface area contributed by atoms with Gasteiger partial charge in [0, 0.05) is 31.0 Å². The van der Waals surface area contributed by atoms with E-state index in [1.807, 2.05) is 30.6 Å². The van der Waals surface area contributed by atoms with Crippen LogP contribution in [-0.4, -0.2) is 41.3 Å². The third kappa shape index (κ3) is 3.16. The van der Waals surface area contributed by atoms with Gasteiger partial charge in [-0.15, -0.1) is 11.3 Å². The van der Waals surface area contributed by atoms with E-state index >= 15 is 0 Å². The lowest BCUT2D eigenvalue weighted by Crippen LogP contribution is -2.36. The number of nitrogen functional groups attached to an aromatic ring is 1. The van der Waals surface area contributed by atoms with Crippen molar-refractivity contribution in [3.8, 4) is 21.0 Å². The molecule has 1 saturated heterocycles. The zero-order valence-electron chi connectivity index (χ0n) is 14.5. The topological polar surface area (TPSA) is 77.2 Å². The van der Waals surface area contributed by atoms with Crippen molar-refractivity contribution in [2.24, 2.45) is 0 Å². The monoisotopic (exact) mass is 395 g/mol. The van der Waals surface area contributed by atoms with E-state index in [2.05, 4.69) is 27.0 Å². The van der Waals surface area contributed by atoms with Crippen molar-refractivity contribution in [3.05, 3.63) is 42.7 Å². The second-order valence-corrected chi connectivity index (χ2v) is 8.29. The number of hydrogen-bond acceptors (Lipinski definition) is 8. The van der Waals surface area contributed by atoms with Crippen LogP contribution < -0.4 is 10.6 Å². The van der Waals surface area contributed by atoms with Crippen molar-refractivity contribution in [3.63, 3.8) is 0 Å². The zero-order valence-corrected chi connectivity index (χ0v) is 16.1. The first-order valence-electron chi connectivity index (χ1n) is 8.68. The molecule has 0 bridgehead atoms. The van der Waals surface area contributed by atoms with Gasteiger partial charge in [-0.2, -0.15) is 0 Å². The number of morpholine rings is 1. The summed E-state index contributed by atoms with van der Waals surface area (Å²) in [6, 6.07) is 10.2. The van der Waals surface area contributed by atoms with Crippen LogP contribution in [0.1, 0.15) is 0 Å². The average Bonchev–Trinajstić information content (AvgIpc) is 3.36. The number of anilines is 2. The average molecular weight is 396 g/mol. The number of ether oxygens (including phenoxy) is 1. The van der Waals surface area contributed by atoms with Crippen LogP contribution in [0.25, 0.3) is 31.2 Å². The number of thiazole rings is 2. The lowest BCUT2D eigenvalue weighted by Gasteiger charge is -2.25. The summed E-state index contributed by atoms with van der Waals surface area (Å²) in [5.74, 6) is 0.496. The van der Waals surface area contributed by atoms with Crippen LogP contribution in [0.2, 0.25) is 0 Å². The maximum Gasteiger partial charge on any atom is 0.186 e. The number of benzene rings is 1. The Morgan fingerprint density at radius 1 is 1.04 bits per heavy atom. The fourth-order valence-electron chi connectivity index (χ4n) is 3.07. The predicted octanol–water partition coefficient (Wildman–Crippen LogP) is 3.90. The summed E-state index contributed by atoms with van der Waals surface area (Å²) >= 11 is 3.30. The van der Waals surface area contributed by atoms with Gasteiger partial charge < -0.3 is 15.4 Å². The number of rotatable bonds is 3. The lowest BCUT2D eigenvalue weighted by molar-refractivity contribution is 0.122. The molecule has 5 rings (SSSR count). The van der Waals surface area contributed by atoms with Crippen LogP contribution in [-0.2, 0) is 4.74 Å². The van der Waals surface area contributed by atoms with Crippen molar-refractivity contribution in [1.29, 1.82) is 0 Å². The molecule has 4 aromatic rings. The second-order valence-electron chi connectivity index (χ2n) is 6.25. The Morgan fingerprint density at radius 2 is 1.89 bits per heavy atom. The molecule has 0 unspecified atom stereocenters. The highest BCUT2D eigenvalue weighted by Crippen LogP contribution is 2.37. The minimum atomic E-state index is 0.496. The number of aromatic nitrogens is 3. The lowest BCUT2D eigenvalue weighted by atomic mass is 10.2. The highest BCUT2D eigenvalue weighted by molar-refractivity contribution is 7.21. The van der Waals surface area contributed by atoms with Gasteiger partial charge in [0.15, 0.2) is 5.13 Å². The highest BCUT2D eigenvalue weighted by atomic mass is 32.1. The summed E-state index contributed by atoms with van der Waals surface area (Å²) in [6.07, 6.45) is 3.72. The van der Waals surface area contributed by atoms with E-state index in [4.69, 9.17) is 15.5 Å². The first kappa shape index (κ1) is 16.6. The number of pyridine rings is 1. The largest absolute Gasteiger partial charge is 0.383 e. The number of para-hydroxylation sites is 1. The van der Waals surface area contributed by atoms with Crippen LogP contribution in [0.3, 0.4) is 0 Å². The maximum absolute atomic E-state index is 6.16. The minimum Gasteiger partial charge on any atom is -0.383 e. The molecule has 2 N–H and O–H groups in total. The minimum absolute atomic E-state index is 0.496. The summed E-state index contributed by atoms with van der Waals surface area (Å²) in [7, 11) is 0. The Morgan fingerprint density at radius 3 is 2.74 bits per heavy atom. The molecule has 1 fully saturated rings. The third-order valence-electron chi connectivity index (χ3n) is 4.50. The second kappa shape index (κ2) is 6.88. The van der Waals surface area contributed by atoms with Gasteiger partial charge in [0.05, 0.1) is 33.9 Å². The zero-order chi connectivity index (χ0) is 18.2. The van der Waals surface area contributed by atoms with Gasteiger partial charge in [-0.1, -0.05) is 23.5 Å². The summed E-state index contributed by atoms with van der Waals surface area (Å²) < 4.78 is 6.56. The molecule has 0 spiro atoms. The molecule has 136 valence electrons. The van der Waals surface area contributed by atoms with Gasteiger partial charge in [0.1, 0.15) is 10.8 Å². The Balaban J connectivity index is 1.51. The molecule has 0 saturated carbocycles. The van der Waals surface area contributed by atoms with Gasteiger partial charge in [0.25, 0.3) is 0 Å². The van der Waals surface area contributed by atoms with Gasteiger partial charge in [-0.3, -0.25) is 0 Å². The Labute approximate surface area is 164 Å². The molecule has 0 aliphatic carbocycles. The quantitative estimate of drug-likeness (QED) is 0.567. The van der Waals surface area contributed by atoms with Crippen molar-refractivity contribution < 1.29 is 4.74 Å². The van der Waals surface area contributed by atoms with E-state index in [1.165, 1.54) is 0 Å². The molecule has 1 aliphatic rings. The summed E-state index contributed by atoms with van der Waals surface area (Å²) in [5, 5.41) is 1.91. The van der Waals surface area contributed by atoms with E-state index < -0.39 is 0 Å². The normalized spacial score (nSPS) is 14.7. The first-order chi connectivity index (χ1) is 13.3.